The van der Waals surface area contributed by atoms with Crippen LogP contribution in [-0.2, 0) is 9.53 Å². The molecule has 0 fully saturated rings. The molecule has 20 heavy (non-hydrogen) atoms. The minimum atomic E-state index is -0.495. The number of hydrazone groups is 1. The number of benzene rings is 1. The maximum absolute atomic E-state index is 11.6. The molecule has 7 heteroatoms. The van der Waals surface area contributed by atoms with Crippen molar-refractivity contribution in [1.82, 2.24) is 0 Å². The summed E-state index contributed by atoms with van der Waals surface area (Å²) in [6.45, 7) is 5.38. The minimum Gasteiger partial charge on any atom is -0.461 e. The molecule has 0 bridgehead atoms. The molecule has 108 valence electrons. The molecule has 0 amide bonds. The van der Waals surface area contributed by atoms with E-state index in [0.29, 0.717) is 17.7 Å². The summed E-state index contributed by atoms with van der Waals surface area (Å²) in [4.78, 5) is 21.9. The third-order valence-corrected chi connectivity index (χ3v) is 2.66. The highest BCUT2D eigenvalue weighted by Gasteiger charge is 2.14. The van der Waals surface area contributed by atoms with Crippen LogP contribution in [0.3, 0.4) is 0 Å². The highest BCUT2D eigenvalue weighted by atomic mass is 16.6. The summed E-state index contributed by atoms with van der Waals surface area (Å²) in [6, 6.07) is 4.62. The molecule has 0 atom stereocenters. The molecular formula is C13H17N3O4. The van der Waals surface area contributed by atoms with Gasteiger partial charge in [0.15, 0.2) is 0 Å². The first-order valence-corrected chi connectivity index (χ1v) is 6.24. The lowest BCUT2D eigenvalue weighted by atomic mass is 10.1. The van der Waals surface area contributed by atoms with Crippen molar-refractivity contribution in [3.63, 3.8) is 0 Å². The highest BCUT2D eigenvalue weighted by Crippen LogP contribution is 2.24. The highest BCUT2D eigenvalue weighted by molar-refractivity contribution is 6.36. The van der Waals surface area contributed by atoms with Gasteiger partial charge < -0.3 is 4.74 Å². The number of ether oxygens (including phenoxy) is 1. The number of nitrogens with zero attached hydrogens (tertiary/aromatic N) is 2. The van der Waals surface area contributed by atoms with Crippen molar-refractivity contribution in [2.24, 2.45) is 5.10 Å². The van der Waals surface area contributed by atoms with Gasteiger partial charge in [0.2, 0.25) is 0 Å². The molecule has 0 aliphatic heterocycles. The second-order valence-electron chi connectivity index (χ2n) is 3.95. The predicted octanol–water partition coefficient (Wildman–Crippen LogP) is 2.64. The molecule has 1 rings (SSSR count). The normalized spacial score (nSPS) is 11.1. The lowest BCUT2D eigenvalue weighted by molar-refractivity contribution is -0.385. The number of hydrogen-bond acceptors (Lipinski definition) is 6. The standard InChI is InChI=1S/C13H17N3O4/c1-4-10(13(17)20-5-2)14-15-11-7-6-8-12(9(11)3)16(18)19/h6-8,15H,4-5H2,1-3H3. The summed E-state index contributed by atoms with van der Waals surface area (Å²) in [7, 11) is 0. The van der Waals surface area contributed by atoms with Gasteiger partial charge in [0.25, 0.3) is 5.69 Å². The summed E-state index contributed by atoms with van der Waals surface area (Å²) >= 11 is 0. The third-order valence-electron chi connectivity index (χ3n) is 2.66. The smallest absolute Gasteiger partial charge is 0.354 e. The topological polar surface area (TPSA) is 93.8 Å². The van der Waals surface area contributed by atoms with Gasteiger partial charge in [0.05, 0.1) is 22.8 Å². The Hall–Kier alpha value is -2.44. The van der Waals surface area contributed by atoms with Gasteiger partial charge in [-0.2, -0.15) is 5.10 Å². The molecule has 1 aromatic carbocycles. The molecule has 0 saturated carbocycles. The van der Waals surface area contributed by atoms with Crippen LogP contribution in [0.1, 0.15) is 25.8 Å². The van der Waals surface area contributed by atoms with Gasteiger partial charge in [-0.3, -0.25) is 15.5 Å². The van der Waals surface area contributed by atoms with Gasteiger partial charge >= 0.3 is 5.97 Å². The Morgan fingerprint density at radius 3 is 2.70 bits per heavy atom. The van der Waals surface area contributed by atoms with Gasteiger partial charge in [-0.15, -0.1) is 0 Å². The van der Waals surface area contributed by atoms with Crippen LogP contribution in [0.15, 0.2) is 23.3 Å². The van der Waals surface area contributed by atoms with Crippen LogP contribution >= 0.6 is 0 Å². The van der Waals surface area contributed by atoms with Crippen molar-refractivity contribution in [1.29, 1.82) is 0 Å². The van der Waals surface area contributed by atoms with E-state index in [1.165, 1.54) is 6.07 Å². The molecule has 0 heterocycles. The van der Waals surface area contributed by atoms with E-state index in [2.05, 4.69) is 10.5 Å². The van der Waals surface area contributed by atoms with Crippen molar-refractivity contribution >= 4 is 23.1 Å². The van der Waals surface area contributed by atoms with Crippen molar-refractivity contribution in [3.05, 3.63) is 33.9 Å². The average molecular weight is 279 g/mol. The number of nitrogens with one attached hydrogen (secondary N) is 1. The van der Waals surface area contributed by atoms with Crippen LogP contribution in [0, 0.1) is 17.0 Å². The summed E-state index contributed by atoms with van der Waals surface area (Å²) in [6.07, 6.45) is 0.403. The van der Waals surface area contributed by atoms with E-state index >= 15 is 0 Å². The van der Waals surface area contributed by atoms with Gasteiger partial charge in [-0.05, 0) is 26.3 Å². The number of rotatable bonds is 6. The van der Waals surface area contributed by atoms with Crippen LogP contribution in [0.25, 0.3) is 0 Å². The number of anilines is 1. The fourth-order valence-corrected chi connectivity index (χ4v) is 1.55. The number of nitro groups is 1. The first-order chi connectivity index (χ1) is 9.51. The molecule has 0 unspecified atom stereocenters. The van der Waals surface area contributed by atoms with E-state index in [0.717, 1.165) is 0 Å². The number of hydrogen-bond donors (Lipinski definition) is 1. The molecule has 1 N–H and O–H groups in total. The number of nitro benzene ring substituents is 1. The van der Waals surface area contributed by atoms with Crippen LogP contribution in [0.4, 0.5) is 11.4 Å². The Labute approximate surface area is 116 Å². The Morgan fingerprint density at radius 1 is 1.45 bits per heavy atom. The molecule has 0 saturated heterocycles. The lowest BCUT2D eigenvalue weighted by Crippen LogP contribution is -2.18. The maximum Gasteiger partial charge on any atom is 0.354 e. The molecule has 0 radical (unpaired) electrons. The molecule has 0 spiro atoms. The second kappa shape index (κ2) is 7.22. The third kappa shape index (κ3) is 3.78. The number of carbonyl (C=O) groups excluding carboxylic acids is 1. The van der Waals surface area contributed by atoms with Crippen molar-refractivity contribution < 1.29 is 14.5 Å². The molecule has 7 nitrogen and oxygen atoms in total. The Morgan fingerprint density at radius 2 is 2.15 bits per heavy atom. The summed E-state index contributed by atoms with van der Waals surface area (Å²) < 4.78 is 4.86. The zero-order chi connectivity index (χ0) is 15.1. The van der Waals surface area contributed by atoms with Crippen LogP contribution in [-0.4, -0.2) is 23.2 Å². The molecule has 1 aromatic rings. The van der Waals surface area contributed by atoms with Crippen molar-refractivity contribution in [2.75, 3.05) is 12.0 Å². The van der Waals surface area contributed by atoms with E-state index in [1.807, 2.05) is 0 Å². The molecule has 0 aliphatic rings. The summed E-state index contributed by atoms with van der Waals surface area (Å²) in [5.74, 6) is -0.495. The van der Waals surface area contributed by atoms with Crippen molar-refractivity contribution in [3.8, 4) is 0 Å². The van der Waals surface area contributed by atoms with E-state index in [1.54, 1.807) is 32.9 Å². The first-order valence-electron chi connectivity index (χ1n) is 6.24. The zero-order valence-electron chi connectivity index (χ0n) is 11.7. The van der Waals surface area contributed by atoms with Crippen LogP contribution in [0.2, 0.25) is 0 Å². The molecular weight excluding hydrogens is 262 g/mol. The van der Waals surface area contributed by atoms with E-state index in [9.17, 15) is 14.9 Å². The number of esters is 1. The van der Waals surface area contributed by atoms with Gasteiger partial charge in [-0.1, -0.05) is 13.0 Å². The fraction of sp³-hybridized carbons (Fsp3) is 0.385. The van der Waals surface area contributed by atoms with Gasteiger partial charge in [0, 0.05) is 6.07 Å². The fourth-order valence-electron chi connectivity index (χ4n) is 1.55. The Kier molecular flexibility index (Phi) is 5.64. The zero-order valence-corrected chi connectivity index (χ0v) is 11.7. The molecule has 0 aromatic heterocycles. The van der Waals surface area contributed by atoms with Crippen LogP contribution < -0.4 is 5.43 Å². The largest absolute Gasteiger partial charge is 0.461 e. The summed E-state index contributed by atoms with van der Waals surface area (Å²) in [5, 5.41) is 14.8. The quantitative estimate of drug-likeness (QED) is 0.374. The average Bonchev–Trinajstić information content (AvgIpc) is 2.41. The van der Waals surface area contributed by atoms with Gasteiger partial charge in [-0.25, -0.2) is 4.79 Å². The maximum atomic E-state index is 11.6. The van der Waals surface area contributed by atoms with Gasteiger partial charge in [0.1, 0.15) is 5.71 Å². The van der Waals surface area contributed by atoms with E-state index < -0.39 is 10.9 Å². The predicted molar refractivity (Wildman–Crippen MR) is 75.8 cm³/mol. The Bertz CT molecular complexity index is 540. The van der Waals surface area contributed by atoms with E-state index in [4.69, 9.17) is 4.74 Å². The van der Waals surface area contributed by atoms with E-state index in [-0.39, 0.29) is 18.0 Å². The SMILES string of the molecule is CCOC(=O)C(CC)=NNc1cccc([N+](=O)[O-])c1C. The van der Waals surface area contributed by atoms with Crippen LogP contribution in [0.5, 0.6) is 0 Å². The minimum absolute atomic E-state index is 0.000571. The summed E-state index contributed by atoms with van der Waals surface area (Å²) in [5.41, 5.74) is 3.85. The lowest BCUT2D eigenvalue weighted by Gasteiger charge is -2.07. The first kappa shape index (κ1) is 15.6. The van der Waals surface area contributed by atoms with Crippen molar-refractivity contribution in [2.45, 2.75) is 27.2 Å². The molecule has 0 aliphatic carbocycles. The Balaban J connectivity index is 2.96. The second-order valence-corrected chi connectivity index (χ2v) is 3.95. The monoisotopic (exact) mass is 279 g/mol. The number of carbonyl (C=O) groups is 1.